The molecule has 6 heteroatoms. The normalized spacial score (nSPS) is 23.3. The summed E-state index contributed by atoms with van der Waals surface area (Å²) in [7, 11) is 4.36. The van der Waals surface area contributed by atoms with Crippen LogP contribution in [-0.2, 0) is 4.74 Å². The topological polar surface area (TPSA) is 95.9 Å². The minimum Gasteiger partial charge on any atom is -0.508 e. The SMILES string of the molecule is CN.Cc1ccc(C2CC(O)CC(CO)O2)cc1C(P)c1ccc(O)cc1. The van der Waals surface area contributed by atoms with E-state index in [-0.39, 0.29) is 30.2 Å². The first-order valence-corrected chi connectivity index (χ1v) is 9.81. The molecule has 1 aliphatic rings. The van der Waals surface area contributed by atoms with Crippen molar-refractivity contribution < 1.29 is 20.1 Å². The number of aliphatic hydroxyl groups excluding tert-OH is 2. The van der Waals surface area contributed by atoms with Crippen molar-refractivity contribution >= 4 is 9.24 Å². The Hall–Kier alpha value is -1.49. The lowest BCUT2D eigenvalue weighted by molar-refractivity contribution is -0.113. The van der Waals surface area contributed by atoms with E-state index in [1.54, 1.807) is 12.1 Å². The summed E-state index contributed by atoms with van der Waals surface area (Å²) in [6.07, 6.45) is 0.0369. The Bertz CT molecular complexity index is 723. The zero-order chi connectivity index (χ0) is 20.0. The van der Waals surface area contributed by atoms with Crippen LogP contribution < -0.4 is 5.73 Å². The molecular weight excluding hydrogens is 361 g/mol. The minimum atomic E-state index is -0.454. The Morgan fingerprint density at radius 2 is 1.81 bits per heavy atom. The number of rotatable bonds is 4. The standard InChI is InChI=1S/C20H25O4P.CH5N/c1-12-2-3-14(19-10-16(23)9-17(11-21)24-19)8-18(12)20(25)13-4-6-15(22)7-5-13;1-2/h2-8,16-17,19-23H,9-11,25H2,1H3;2H2,1H3. The molecule has 2 aromatic rings. The number of hydrogen-bond donors (Lipinski definition) is 4. The second kappa shape index (κ2) is 10.2. The fraction of sp³-hybridized carbons (Fsp3) is 0.429. The van der Waals surface area contributed by atoms with E-state index in [2.05, 4.69) is 34.0 Å². The highest BCUT2D eigenvalue weighted by Crippen LogP contribution is 2.37. The fourth-order valence-electron chi connectivity index (χ4n) is 3.38. The molecule has 2 aromatic carbocycles. The lowest BCUT2D eigenvalue weighted by Crippen LogP contribution is -2.33. The van der Waals surface area contributed by atoms with E-state index in [4.69, 9.17) is 4.74 Å². The summed E-state index contributed by atoms with van der Waals surface area (Å²) >= 11 is 0. The van der Waals surface area contributed by atoms with Crippen LogP contribution in [0, 0.1) is 6.92 Å². The van der Waals surface area contributed by atoms with E-state index < -0.39 is 6.10 Å². The van der Waals surface area contributed by atoms with E-state index in [1.165, 1.54) is 12.6 Å². The Balaban J connectivity index is 0.00000126. The molecule has 5 unspecified atom stereocenters. The number of phenolic OH excluding ortho intramolecular Hbond substituents is 1. The van der Waals surface area contributed by atoms with Gasteiger partial charge in [0.1, 0.15) is 5.75 Å². The molecule has 3 rings (SSSR count). The van der Waals surface area contributed by atoms with Gasteiger partial charge in [-0.05, 0) is 48.4 Å². The summed E-state index contributed by atoms with van der Waals surface area (Å²) in [4.78, 5) is 0. The predicted molar refractivity (Wildman–Crippen MR) is 111 cm³/mol. The zero-order valence-electron chi connectivity index (χ0n) is 15.9. The number of hydrogen-bond acceptors (Lipinski definition) is 5. The lowest BCUT2D eigenvalue weighted by atomic mass is 9.92. The van der Waals surface area contributed by atoms with Gasteiger partial charge in [0.05, 0.1) is 24.9 Å². The Kier molecular flexibility index (Phi) is 8.21. The first-order valence-electron chi connectivity index (χ1n) is 9.15. The molecule has 5 nitrogen and oxygen atoms in total. The van der Waals surface area contributed by atoms with Crippen molar-refractivity contribution in [3.63, 3.8) is 0 Å². The summed E-state index contributed by atoms with van der Waals surface area (Å²) in [6.45, 7) is 2.00. The molecule has 0 saturated carbocycles. The second-order valence-electron chi connectivity index (χ2n) is 6.74. The van der Waals surface area contributed by atoms with Crippen molar-refractivity contribution in [1.29, 1.82) is 0 Å². The number of nitrogens with two attached hydrogens (primary N) is 1. The van der Waals surface area contributed by atoms with Crippen LogP contribution in [0.4, 0.5) is 0 Å². The maximum atomic E-state index is 10.1. The first kappa shape index (κ1) is 21.8. The number of aliphatic hydroxyl groups is 2. The summed E-state index contributed by atoms with van der Waals surface area (Å²) in [5, 5.41) is 28.9. The van der Waals surface area contributed by atoms with Crippen molar-refractivity contribution in [2.75, 3.05) is 13.7 Å². The van der Waals surface area contributed by atoms with Gasteiger partial charge in [0.25, 0.3) is 0 Å². The van der Waals surface area contributed by atoms with Crippen molar-refractivity contribution in [3.05, 3.63) is 64.7 Å². The number of ether oxygens (including phenoxy) is 1. The third-order valence-corrected chi connectivity index (χ3v) is 5.59. The molecule has 148 valence electrons. The molecular formula is C21H30NO4P. The molecule has 1 aliphatic heterocycles. The van der Waals surface area contributed by atoms with Crippen molar-refractivity contribution in [2.45, 2.75) is 43.7 Å². The van der Waals surface area contributed by atoms with Gasteiger partial charge in [0.2, 0.25) is 0 Å². The smallest absolute Gasteiger partial charge is 0.115 e. The molecule has 1 fully saturated rings. The van der Waals surface area contributed by atoms with Gasteiger partial charge in [-0.2, -0.15) is 0 Å². The minimum absolute atomic E-state index is 0.0773. The summed E-state index contributed by atoms with van der Waals surface area (Å²) in [5.74, 6) is 0.256. The highest BCUT2D eigenvalue weighted by Gasteiger charge is 2.29. The monoisotopic (exact) mass is 391 g/mol. The van der Waals surface area contributed by atoms with Gasteiger partial charge in [-0.3, -0.25) is 0 Å². The summed E-state index contributed by atoms with van der Waals surface area (Å²) in [6, 6.07) is 13.4. The van der Waals surface area contributed by atoms with E-state index >= 15 is 0 Å². The molecule has 5 N–H and O–H groups in total. The zero-order valence-corrected chi connectivity index (χ0v) is 17.0. The van der Waals surface area contributed by atoms with Crippen LogP contribution in [0.3, 0.4) is 0 Å². The molecule has 5 atom stereocenters. The third kappa shape index (κ3) is 5.50. The third-order valence-electron chi connectivity index (χ3n) is 4.84. The van der Waals surface area contributed by atoms with Crippen LogP contribution in [-0.4, -0.2) is 41.2 Å². The van der Waals surface area contributed by atoms with Crippen LogP contribution >= 0.6 is 9.24 Å². The van der Waals surface area contributed by atoms with Gasteiger partial charge >= 0.3 is 0 Å². The molecule has 0 spiro atoms. The van der Waals surface area contributed by atoms with E-state index in [9.17, 15) is 15.3 Å². The van der Waals surface area contributed by atoms with Crippen LogP contribution in [0.15, 0.2) is 42.5 Å². The van der Waals surface area contributed by atoms with Gasteiger partial charge in [0, 0.05) is 18.5 Å². The lowest BCUT2D eigenvalue weighted by Gasteiger charge is -2.33. The van der Waals surface area contributed by atoms with Crippen molar-refractivity contribution in [2.24, 2.45) is 5.73 Å². The average molecular weight is 391 g/mol. The first-order chi connectivity index (χ1) is 13.0. The van der Waals surface area contributed by atoms with Gasteiger partial charge in [-0.15, -0.1) is 9.24 Å². The molecule has 0 amide bonds. The Morgan fingerprint density at radius 3 is 2.44 bits per heavy atom. The fourth-order valence-corrected chi connectivity index (χ4v) is 3.96. The molecule has 1 saturated heterocycles. The number of benzene rings is 2. The number of phenols is 1. The molecule has 1 heterocycles. The highest BCUT2D eigenvalue weighted by atomic mass is 31.0. The van der Waals surface area contributed by atoms with Gasteiger partial charge in [0.15, 0.2) is 0 Å². The average Bonchev–Trinajstić information content (AvgIpc) is 2.69. The van der Waals surface area contributed by atoms with Crippen LogP contribution in [0.2, 0.25) is 0 Å². The van der Waals surface area contributed by atoms with Gasteiger partial charge in [-0.25, -0.2) is 0 Å². The molecule has 0 aliphatic carbocycles. The van der Waals surface area contributed by atoms with Crippen molar-refractivity contribution in [1.82, 2.24) is 0 Å². The van der Waals surface area contributed by atoms with E-state index in [1.807, 2.05) is 18.2 Å². The van der Waals surface area contributed by atoms with Gasteiger partial charge in [-0.1, -0.05) is 30.3 Å². The number of aromatic hydroxyl groups is 1. The largest absolute Gasteiger partial charge is 0.508 e. The quantitative estimate of drug-likeness (QED) is 0.601. The Morgan fingerprint density at radius 1 is 1.15 bits per heavy atom. The maximum Gasteiger partial charge on any atom is 0.115 e. The maximum absolute atomic E-state index is 10.1. The van der Waals surface area contributed by atoms with Crippen molar-refractivity contribution in [3.8, 4) is 5.75 Å². The summed E-state index contributed by atoms with van der Waals surface area (Å²) in [5.41, 5.74) is 9.05. The Labute approximate surface area is 163 Å². The predicted octanol–water partition coefficient (Wildman–Crippen LogP) is 2.81. The van der Waals surface area contributed by atoms with Crippen LogP contribution in [0.25, 0.3) is 0 Å². The molecule has 0 radical (unpaired) electrons. The number of aryl methyl sites for hydroxylation is 1. The van der Waals surface area contributed by atoms with Crippen LogP contribution in [0.1, 0.15) is 46.9 Å². The second-order valence-corrected chi connectivity index (χ2v) is 7.41. The summed E-state index contributed by atoms with van der Waals surface area (Å²) < 4.78 is 5.94. The van der Waals surface area contributed by atoms with Crippen LogP contribution in [0.5, 0.6) is 5.75 Å². The van der Waals surface area contributed by atoms with E-state index in [0.717, 1.165) is 16.7 Å². The van der Waals surface area contributed by atoms with E-state index in [0.29, 0.717) is 12.8 Å². The van der Waals surface area contributed by atoms with Gasteiger partial charge < -0.3 is 25.8 Å². The highest BCUT2D eigenvalue weighted by molar-refractivity contribution is 7.17. The molecule has 27 heavy (non-hydrogen) atoms. The molecule has 0 aromatic heterocycles. The molecule has 0 bridgehead atoms.